The molecule has 0 aromatic carbocycles. The summed E-state index contributed by atoms with van der Waals surface area (Å²) < 4.78 is 33.9. The molecule has 3 saturated heterocycles. The Morgan fingerprint density at radius 3 is 1.98 bits per heavy atom. The molecule has 3 aliphatic heterocycles. The summed E-state index contributed by atoms with van der Waals surface area (Å²) in [5.41, 5.74) is 5.69. The van der Waals surface area contributed by atoms with Crippen LogP contribution in [0, 0.1) is 0 Å². The molecular weight excluding hydrogens is 726 g/mol. The maximum Gasteiger partial charge on any atom is 0.364 e. The van der Waals surface area contributed by atoms with Crippen LogP contribution in [0.3, 0.4) is 0 Å². The third kappa shape index (κ3) is 10.3. The predicted octanol–water partition coefficient (Wildman–Crippen LogP) is -8.25. The van der Waals surface area contributed by atoms with Crippen molar-refractivity contribution in [2.24, 2.45) is 5.73 Å². The van der Waals surface area contributed by atoms with Gasteiger partial charge in [0.2, 0.25) is 11.8 Å². The molecule has 18 atom stereocenters. The lowest BCUT2D eigenvalue weighted by molar-refractivity contribution is -0.357. The van der Waals surface area contributed by atoms with Gasteiger partial charge in [-0.25, -0.2) is 4.79 Å². The number of nitrogens with two attached hydrogens (primary N) is 1. The predicted molar refractivity (Wildman–Crippen MR) is 166 cm³/mol. The number of carbonyl (C=O) groups is 4. The fourth-order valence-corrected chi connectivity index (χ4v) is 6.05. The van der Waals surface area contributed by atoms with Gasteiger partial charge in [0.1, 0.15) is 73.1 Å². The molecule has 0 bridgehead atoms. The number of nitrogens with one attached hydrogen (secondary N) is 2. The smallest absolute Gasteiger partial charge is 0.364 e. The van der Waals surface area contributed by atoms with E-state index in [1.807, 2.05) is 0 Å². The van der Waals surface area contributed by atoms with Crippen molar-refractivity contribution in [3.8, 4) is 0 Å². The van der Waals surface area contributed by atoms with E-state index in [0.717, 1.165) is 13.8 Å². The van der Waals surface area contributed by atoms with Crippen molar-refractivity contribution >= 4 is 23.8 Å². The monoisotopic (exact) mass is 775 g/mol. The van der Waals surface area contributed by atoms with Gasteiger partial charge in [-0.3, -0.25) is 14.4 Å². The molecule has 53 heavy (non-hydrogen) atoms. The summed E-state index contributed by atoms with van der Waals surface area (Å²) in [6.07, 6.45) is -26.9. The number of ether oxygens (including phenoxy) is 6. The van der Waals surface area contributed by atoms with Gasteiger partial charge in [0.15, 0.2) is 12.6 Å². The molecule has 24 heteroatoms. The summed E-state index contributed by atoms with van der Waals surface area (Å²) in [7, 11) is 0. The van der Waals surface area contributed by atoms with E-state index in [-0.39, 0.29) is 0 Å². The molecule has 2 amide bonds. The molecular formula is C29H49N3O21. The second kappa shape index (κ2) is 18.7. The van der Waals surface area contributed by atoms with Crippen molar-refractivity contribution < 1.29 is 104 Å². The van der Waals surface area contributed by atoms with Crippen molar-refractivity contribution in [2.45, 2.75) is 137 Å². The van der Waals surface area contributed by atoms with Crippen molar-refractivity contribution in [3.63, 3.8) is 0 Å². The van der Waals surface area contributed by atoms with Crippen LogP contribution in [-0.2, 0) is 47.6 Å². The van der Waals surface area contributed by atoms with Crippen LogP contribution in [0.2, 0.25) is 0 Å². The Kier molecular flexibility index (Phi) is 15.8. The fourth-order valence-electron chi connectivity index (χ4n) is 6.05. The van der Waals surface area contributed by atoms with Gasteiger partial charge >= 0.3 is 11.9 Å². The fraction of sp³-hybridized carbons (Fsp3) is 0.862. The number of carboxylic acid groups (broad SMARTS) is 2. The van der Waals surface area contributed by atoms with Crippen LogP contribution in [0.5, 0.6) is 0 Å². The molecule has 15 N–H and O–H groups in total. The Morgan fingerprint density at radius 2 is 1.45 bits per heavy atom. The van der Waals surface area contributed by atoms with E-state index in [9.17, 15) is 75.3 Å². The molecule has 0 aliphatic carbocycles. The van der Waals surface area contributed by atoms with Crippen LogP contribution in [0.15, 0.2) is 0 Å². The normalized spacial score (nSPS) is 40.0. The van der Waals surface area contributed by atoms with Gasteiger partial charge in [0.05, 0.1) is 38.1 Å². The first kappa shape index (κ1) is 44.6. The lowest BCUT2D eigenvalue weighted by atomic mass is 9.88. The van der Waals surface area contributed by atoms with Gasteiger partial charge in [0.25, 0.3) is 5.79 Å². The molecule has 0 unspecified atom stereocenters. The zero-order chi connectivity index (χ0) is 40.1. The van der Waals surface area contributed by atoms with Crippen LogP contribution in [0.4, 0.5) is 0 Å². The van der Waals surface area contributed by atoms with Gasteiger partial charge < -0.3 is 101 Å². The highest BCUT2D eigenvalue weighted by atomic mass is 16.8. The second-order valence-electron chi connectivity index (χ2n) is 13.0. The van der Waals surface area contributed by atoms with Gasteiger partial charge in [-0.15, -0.1) is 0 Å². The van der Waals surface area contributed by atoms with Crippen molar-refractivity contribution in [2.75, 3.05) is 19.8 Å². The number of carboxylic acids is 2. The van der Waals surface area contributed by atoms with E-state index in [1.54, 1.807) is 0 Å². The molecule has 306 valence electrons. The Hall–Kier alpha value is -2.76. The van der Waals surface area contributed by atoms with E-state index in [0.29, 0.717) is 0 Å². The summed E-state index contributed by atoms with van der Waals surface area (Å²) in [5, 5.41) is 118. The average molecular weight is 776 g/mol. The van der Waals surface area contributed by atoms with Gasteiger partial charge in [-0.05, 0) is 6.92 Å². The van der Waals surface area contributed by atoms with E-state index in [4.69, 9.17) is 34.2 Å². The molecule has 0 spiro atoms. The zero-order valence-corrected chi connectivity index (χ0v) is 28.7. The highest BCUT2D eigenvalue weighted by molar-refractivity contribution is 5.77. The number of aliphatic hydroxyl groups is 9. The summed E-state index contributed by atoms with van der Waals surface area (Å²) in [4.78, 5) is 48.5. The Balaban J connectivity index is 2.02. The summed E-state index contributed by atoms with van der Waals surface area (Å²) >= 11 is 0. The van der Waals surface area contributed by atoms with Crippen LogP contribution in [0.1, 0.15) is 27.2 Å². The van der Waals surface area contributed by atoms with Crippen molar-refractivity contribution in [3.05, 3.63) is 0 Å². The number of carbonyl (C=O) groups excluding carboxylic acids is 2. The SMILES string of the molecule is CC(=O)N[C@H]1[C@@H](O[C@H](C)[C@@H](N)C(=O)O)O[C@H](CO[C@]2(C(=O)O)C[C@H](O)[C@@H](NC(C)=O)[C@H]([C@H](O)[C@H](O)CO)O2)[C@H](O)[C@@H]1O[C@@H]1O[C@H](CO)[C@H](O)[C@H](O)[C@H]1O. The number of amides is 2. The molecule has 3 heterocycles. The minimum absolute atomic E-state index is 0.752. The lowest BCUT2D eigenvalue weighted by Crippen LogP contribution is -2.70. The van der Waals surface area contributed by atoms with Gasteiger partial charge in [-0.2, -0.15) is 0 Å². The largest absolute Gasteiger partial charge is 0.480 e. The lowest BCUT2D eigenvalue weighted by Gasteiger charge is -2.49. The highest BCUT2D eigenvalue weighted by Crippen LogP contribution is 2.36. The third-order valence-electron chi connectivity index (χ3n) is 8.99. The van der Waals surface area contributed by atoms with E-state index in [1.165, 1.54) is 6.92 Å². The molecule has 0 saturated carbocycles. The first-order valence-electron chi connectivity index (χ1n) is 16.4. The number of hydrogen-bond donors (Lipinski definition) is 14. The molecule has 0 radical (unpaired) electrons. The minimum Gasteiger partial charge on any atom is -0.480 e. The Bertz CT molecular complexity index is 1260. The molecule has 3 rings (SSSR count). The number of rotatable bonds is 16. The van der Waals surface area contributed by atoms with Crippen molar-refractivity contribution in [1.29, 1.82) is 0 Å². The number of hydrogen-bond acceptors (Lipinski definition) is 20. The topological polar surface area (TPSA) is 396 Å². The number of aliphatic carboxylic acids is 2. The van der Waals surface area contributed by atoms with Crippen LogP contribution in [0.25, 0.3) is 0 Å². The van der Waals surface area contributed by atoms with E-state index < -0.39 is 160 Å². The molecule has 3 fully saturated rings. The molecule has 0 aromatic heterocycles. The maximum atomic E-state index is 12.7. The van der Waals surface area contributed by atoms with Crippen LogP contribution in [-0.4, -0.2) is 209 Å². The third-order valence-corrected chi connectivity index (χ3v) is 8.99. The highest BCUT2D eigenvalue weighted by Gasteiger charge is 2.58. The summed E-state index contributed by atoms with van der Waals surface area (Å²) in [6, 6.07) is -4.85. The average Bonchev–Trinajstić information content (AvgIpc) is 3.09. The summed E-state index contributed by atoms with van der Waals surface area (Å²) in [5.74, 6) is -7.90. The molecule has 0 aromatic rings. The standard InChI is InChI=1S/C29H49N3O21/c1-8(15(30)25(44)45)49-26-17(32-10(3)36)23(52-27-22(43)21(42)19(40)13(6-34)50-27)20(41)14(51-26)7-48-29(28(46)47)4-11(37)16(31-9(2)35)24(53-29)18(39)12(38)5-33/h8,11-24,26-27,33-34,37-43H,4-7,30H2,1-3H3,(H,31,35)(H,32,36)(H,44,45)(H,46,47)/t8-,11+,12-,13-,14-,15-,16-,17-,18-,19+,20+,21+,22-,23-,24-,26+,27+,29-/m1/s1. The zero-order valence-electron chi connectivity index (χ0n) is 28.7. The Morgan fingerprint density at radius 1 is 0.868 bits per heavy atom. The van der Waals surface area contributed by atoms with Crippen molar-refractivity contribution in [1.82, 2.24) is 10.6 Å². The Labute approximate surface area is 300 Å². The second-order valence-corrected chi connectivity index (χ2v) is 13.0. The quantitative estimate of drug-likeness (QED) is 0.0692. The van der Waals surface area contributed by atoms with Crippen LogP contribution < -0.4 is 16.4 Å². The minimum atomic E-state index is -2.92. The number of aliphatic hydroxyl groups excluding tert-OH is 9. The summed E-state index contributed by atoms with van der Waals surface area (Å²) in [6.45, 7) is 0.326. The van der Waals surface area contributed by atoms with Gasteiger partial charge in [0, 0.05) is 20.3 Å². The first-order valence-corrected chi connectivity index (χ1v) is 16.4. The van der Waals surface area contributed by atoms with E-state index in [2.05, 4.69) is 10.6 Å². The molecule has 3 aliphatic rings. The maximum absolute atomic E-state index is 12.7. The first-order chi connectivity index (χ1) is 24.7. The molecule has 24 nitrogen and oxygen atoms in total. The van der Waals surface area contributed by atoms with Gasteiger partial charge in [-0.1, -0.05) is 0 Å². The van der Waals surface area contributed by atoms with Crippen LogP contribution >= 0.6 is 0 Å². The van der Waals surface area contributed by atoms with E-state index >= 15 is 0 Å².